The minimum atomic E-state index is -0.371. The molecule has 1 aromatic heterocycles. The lowest BCUT2D eigenvalue weighted by Crippen LogP contribution is -2.22. The molecular formula is C19H14BrI2N3O3. The molecule has 144 valence electrons. The fourth-order valence-corrected chi connectivity index (χ4v) is 4.96. The number of halogens is 3. The summed E-state index contributed by atoms with van der Waals surface area (Å²) in [5, 5.41) is 4.88. The normalized spacial score (nSPS) is 11.3. The Labute approximate surface area is 196 Å². The molecule has 0 fully saturated rings. The number of carbonyl (C=O) groups is 1. The van der Waals surface area contributed by atoms with Crippen molar-refractivity contribution in [2.45, 2.75) is 20.3 Å². The monoisotopic (exact) mass is 665 g/mol. The average Bonchev–Trinajstić information content (AvgIpc) is 2.64. The van der Waals surface area contributed by atoms with E-state index in [9.17, 15) is 9.59 Å². The van der Waals surface area contributed by atoms with E-state index in [1.54, 1.807) is 12.3 Å². The first-order chi connectivity index (χ1) is 13.3. The summed E-state index contributed by atoms with van der Waals surface area (Å²) in [5.74, 6) is 0.733. The third-order valence-corrected chi connectivity index (χ3v) is 5.88. The number of rotatable bonds is 4. The van der Waals surface area contributed by atoms with E-state index in [1.165, 1.54) is 11.6 Å². The number of aromatic nitrogens is 2. The van der Waals surface area contributed by atoms with Gasteiger partial charge in [-0.25, -0.2) is 4.98 Å². The van der Waals surface area contributed by atoms with Gasteiger partial charge < -0.3 is 4.74 Å². The predicted octanol–water partition coefficient (Wildman–Crippen LogP) is 4.74. The van der Waals surface area contributed by atoms with Gasteiger partial charge >= 0.3 is 5.97 Å². The van der Waals surface area contributed by atoms with Crippen LogP contribution in [0.3, 0.4) is 0 Å². The molecule has 3 rings (SSSR count). The van der Waals surface area contributed by atoms with Gasteiger partial charge in [0.1, 0.15) is 5.82 Å². The van der Waals surface area contributed by atoms with E-state index >= 15 is 0 Å². The third kappa shape index (κ3) is 4.62. The van der Waals surface area contributed by atoms with Crippen LogP contribution in [-0.4, -0.2) is 21.8 Å². The van der Waals surface area contributed by atoms with E-state index in [1.807, 2.05) is 31.2 Å². The summed E-state index contributed by atoms with van der Waals surface area (Å²) in [6, 6.07) is 9.09. The number of fused-ring (bicyclic) bond motifs is 1. The van der Waals surface area contributed by atoms with E-state index in [4.69, 9.17) is 4.74 Å². The molecule has 28 heavy (non-hydrogen) atoms. The number of aryl methyl sites for hydroxylation is 1. The molecule has 0 unspecified atom stereocenters. The van der Waals surface area contributed by atoms with Crippen molar-refractivity contribution in [2.75, 3.05) is 0 Å². The minimum Gasteiger partial charge on any atom is -0.424 e. The molecule has 0 spiro atoms. The average molecular weight is 666 g/mol. The Kier molecular flexibility index (Phi) is 6.86. The molecule has 0 radical (unpaired) electrons. The lowest BCUT2D eigenvalue weighted by Gasteiger charge is -2.09. The van der Waals surface area contributed by atoms with E-state index in [0.717, 1.165) is 17.2 Å². The standard InChI is InChI=1S/C19H14BrI2N3O3/c1-3-17-24-16-5-4-12(20)8-13(16)19(27)25(17)23-9-11-6-14(21)18(15(22)7-11)28-10(2)26/h4-9H,3H2,1-2H3. The van der Waals surface area contributed by atoms with E-state index in [2.05, 4.69) is 71.2 Å². The Hall–Kier alpha value is -1.34. The number of nitrogens with zero attached hydrogens (tertiary/aromatic N) is 3. The van der Waals surface area contributed by atoms with Crippen molar-refractivity contribution in [2.24, 2.45) is 5.10 Å². The number of benzene rings is 2. The molecule has 0 amide bonds. The van der Waals surface area contributed by atoms with Crippen LogP contribution in [0.5, 0.6) is 5.75 Å². The van der Waals surface area contributed by atoms with Crippen LogP contribution < -0.4 is 10.3 Å². The Morgan fingerprint density at radius 2 is 1.96 bits per heavy atom. The Morgan fingerprint density at radius 1 is 1.29 bits per heavy atom. The van der Waals surface area contributed by atoms with Crippen LogP contribution in [0.4, 0.5) is 0 Å². The molecule has 3 aromatic rings. The zero-order valence-corrected chi connectivity index (χ0v) is 20.8. The summed E-state index contributed by atoms with van der Waals surface area (Å²) in [7, 11) is 0. The maximum absolute atomic E-state index is 12.9. The molecule has 0 aliphatic heterocycles. The Morgan fingerprint density at radius 3 is 2.57 bits per heavy atom. The molecule has 6 nitrogen and oxygen atoms in total. The fraction of sp³-hybridized carbons (Fsp3) is 0.158. The predicted molar refractivity (Wildman–Crippen MR) is 129 cm³/mol. The zero-order chi connectivity index (χ0) is 20.4. The molecule has 1 heterocycles. The summed E-state index contributed by atoms with van der Waals surface area (Å²) in [6.45, 7) is 3.30. The van der Waals surface area contributed by atoms with E-state index < -0.39 is 0 Å². The molecule has 0 N–H and O–H groups in total. The second-order valence-electron chi connectivity index (χ2n) is 5.81. The zero-order valence-electron chi connectivity index (χ0n) is 14.9. The molecule has 0 atom stereocenters. The van der Waals surface area contributed by atoms with Gasteiger partial charge in [-0.3, -0.25) is 9.59 Å². The second-order valence-corrected chi connectivity index (χ2v) is 9.05. The molecule has 9 heteroatoms. The summed E-state index contributed by atoms with van der Waals surface area (Å²) in [6.07, 6.45) is 2.17. The fourth-order valence-electron chi connectivity index (χ4n) is 2.56. The van der Waals surface area contributed by atoms with E-state index in [0.29, 0.717) is 28.9 Å². The van der Waals surface area contributed by atoms with Gasteiger partial charge in [0.25, 0.3) is 5.56 Å². The van der Waals surface area contributed by atoms with Crippen molar-refractivity contribution in [1.29, 1.82) is 0 Å². The van der Waals surface area contributed by atoms with Crippen LogP contribution in [0.2, 0.25) is 0 Å². The Balaban J connectivity index is 2.07. The van der Waals surface area contributed by atoms with Gasteiger partial charge in [-0.15, -0.1) is 0 Å². The van der Waals surface area contributed by atoms with Crippen LogP contribution in [0, 0.1) is 7.14 Å². The van der Waals surface area contributed by atoms with E-state index in [-0.39, 0.29) is 11.5 Å². The highest BCUT2D eigenvalue weighted by molar-refractivity contribution is 14.1. The van der Waals surface area contributed by atoms with Gasteiger partial charge in [-0.05, 0) is 81.1 Å². The number of hydrogen-bond acceptors (Lipinski definition) is 5. The highest BCUT2D eigenvalue weighted by Crippen LogP contribution is 2.28. The van der Waals surface area contributed by atoms with Gasteiger partial charge in [-0.1, -0.05) is 22.9 Å². The molecule has 0 saturated carbocycles. The van der Waals surface area contributed by atoms with Crippen LogP contribution in [0.1, 0.15) is 25.2 Å². The molecular weight excluding hydrogens is 652 g/mol. The van der Waals surface area contributed by atoms with Crippen molar-refractivity contribution >= 4 is 84.2 Å². The van der Waals surface area contributed by atoms with Gasteiger partial charge in [0.05, 0.1) is 24.3 Å². The van der Waals surface area contributed by atoms with Gasteiger partial charge in [0.2, 0.25) is 0 Å². The summed E-state index contributed by atoms with van der Waals surface area (Å²) < 4.78 is 8.94. The number of hydrogen-bond donors (Lipinski definition) is 0. The van der Waals surface area contributed by atoms with Crippen molar-refractivity contribution in [3.63, 3.8) is 0 Å². The van der Waals surface area contributed by atoms with Crippen LogP contribution >= 0.6 is 61.1 Å². The first kappa shape index (κ1) is 21.4. The molecule has 0 aliphatic carbocycles. The second kappa shape index (κ2) is 8.99. The van der Waals surface area contributed by atoms with Gasteiger partial charge in [0.15, 0.2) is 5.75 Å². The maximum Gasteiger partial charge on any atom is 0.308 e. The quantitative estimate of drug-likeness (QED) is 0.175. The lowest BCUT2D eigenvalue weighted by molar-refractivity contribution is -0.132. The number of ether oxygens (including phenoxy) is 1. The summed E-state index contributed by atoms with van der Waals surface area (Å²) >= 11 is 7.60. The number of carbonyl (C=O) groups excluding carboxylic acids is 1. The van der Waals surface area contributed by atoms with Crippen molar-refractivity contribution in [3.05, 3.63) is 63.7 Å². The van der Waals surface area contributed by atoms with Crippen LogP contribution in [0.15, 0.2) is 44.7 Å². The first-order valence-corrected chi connectivity index (χ1v) is 11.2. The highest BCUT2D eigenvalue weighted by atomic mass is 127. The first-order valence-electron chi connectivity index (χ1n) is 8.23. The van der Waals surface area contributed by atoms with Gasteiger partial charge in [0, 0.05) is 17.8 Å². The summed E-state index contributed by atoms with van der Waals surface area (Å²) in [5.41, 5.74) is 1.21. The summed E-state index contributed by atoms with van der Waals surface area (Å²) in [4.78, 5) is 28.7. The largest absolute Gasteiger partial charge is 0.424 e. The highest BCUT2D eigenvalue weighted by Gasteiger charge is 2.12. The van der Waals surface area contributed by atoms with Crippen LogP contribution in [0.25, 0.3) is 10.9 Å². The number of esters is 1. The molecule has 0 bridgehead atoms. The van der Waals surface area contributed by atoms with Crippen LogP contribution in [-0.2, 0) is 11.2 Å². The lowest BCUT2D eigenvalue weighted by atomic mass is 10.2. The van der Waals surface area contributed by atoms with Gasteiger partial charge in [-0.2, -0.15) is 9.78 Å². The maximum atomic E-state index is 12.9. The SMILES string of the molecule is CCc1nc2ccc(Br)cc2c(=O)n1N=Cc1cc(I)c(OC(C)=O)c(I)c1. The molecule has 0 saturated heterocycles. The van der Waals surface area contributed by atoms with Crippen molar-refractivity contribution < 1.29 is 9.53 Å². The third-order valence-electron chi connectivity index (χ3n) is 3.78. The topological polar surface area (TPSA) is 73.6 Å². The molecule has 0 aliphatic rings. The Bertz CT molecular complexity index is 1150. The van der Waals surface area contributed by atoms with Crippen molar-refractivity contribution in [3.8, 4) is 5.75 Å². The van der Waals surface area contributed by atoms with Crippen molar-refractivity contribution in [1.82, 2.24) is 9.66 Å². The smallest absolute Gasteiger partial charge is 0.308 e. The minimum absolute atomic E-state index is 0.222. The molecule has 2 aromatic carbocycles.